The summed E-state index contributed by atoms with van der Waals surface area (Å²) in [4.78, 5) is 12.2. The monoisotopic (exact) mass is 277 g/mol. The van der Waals surface area contributed by atoms with Crippen LogP contribution >= 0.6 is 23.2 Å². The summed E-state index contributed by atoms with van der Waals surface area (Å²) in [5.41, 5.74) is -0.587. The van der Waals surface area contributed by atoms with E-state index in [2.05, 4.69) is 19.2 Å². The van der Waals surface area contributed by atoms with E-state index in [-0.39, 0.29) is 11.9 Å². The zero-order valence-corrected chi connectivity index (χ0v) is 12.2. The second kappa shape index (κ2) is 4.31. The molecule has 2 aliphatic carbocycles. The maximum absolute atomic E-state index is 12.2. The van der Waals surface area contributed by atoms with Crippen molar-refractivity contribution in [3.05, 3.63) is 0 Å². The molecule has 0 spiro atoms. The van der Waals surface area contributed by atoms with Crippen LogP contribution in [0.3, 0.4) is 0 Å². The molecule has 0 aromatic carbocycles. The van der Waals surface area contributed by atoms with E-state index in [1.54, 1.807) is 0 Å². The van der Waals surface area contributed by atoms with Gasteiger partial charge in [-0.25, -0.2) is 0 Å². The van der Waals surface area contributed by atoms with Gasteiger partial charge in [-0.2, -0.15) is 0 Å². The minimum atomic E-state index is -0.861. The van der Waals surface area contributed by atoms with Crippen LogP contribution < -0.4 is 5.32 Å². The van der Waals surface area contributed by atoms with E-state index in [0.29, 0.717) is 18.3 Å². The molecule has 0 aromatic rings. The number of alkyl halides is 2. The fourth-order valence-electron chi connectivity index (χ4n) is 2.76. The molecule has 0 unspecified atom stereocenters. The number of amides is 1. The highest BCUT2D eigenvalue weighted by atomic mass is 35.5. The molecule has 17 heavy (non-hydrogen) atoms. The van der Waals surface area contributed by atoms with Crippen LogP contribution in [0, 0.1) is 17.3 Å². The number of hydrogen-bond acceptors (Lipinski definition) is 1. The van der Waals surface area contributed by atoms with Gasteiger partial charge in [-0.15, -0.1) is 23.2 Å². The number of nitrogens with one attached hydrogen (secondary N) is 1. The predicted octanol–water partition coefficient (Wildman–Crippen LogP) is 3.51. The summed E-state index contributed by atoms with van der Waals surface area (Å²) >= 11 is 12.1. The highest BCUT2D eigenvalue weighted by molar-refractivity contribution is 6.53. The van der Waals surface area contributed by atoms with Crippen molar-refractivity contribution in [2.45, 2.75) is 56.8 Å². The van der Waals surface area contributed by atoms with Gasteiger partial charge in [0.2, 0.25) is 5.91 Å². The third-order valence-electron chi connectivity index (χ3n) is 4.78. The van der Waals surface area contributed by atoms with Crippen LogP contribution in [-0.4, -0.2) is 16.3 Å². The fourth-order valence-corrected chi connectivity index (χ4v) is 3.47. The smallest absolute Gasteiger partial charge is 0.229 e. The first kappa shape index (κ1) is 13.5. The van der Waals surface area contributed by atoms with Gasteiger partial charge in [-0.1, -0.05) is 26.7 Å². The van der Waals surface area contributed by atoms with Crippen molar-refractivity contribution < 1.29 is 4.79 Å². The average Bonchev–Trinajstić information content (AvgIpc) is 2.75. The summed E-state index contributed by atoms with van der Waals surface area (Å²) in [5.74, 6) is 1.24. The summed E-state index contributed by atoms with van der Waals surface area (Å²) in [7, 11) is 0. The van der Waals surface area contributed by atoms with Crippen LogP contribution in [0.5, 0.6) is 0 Å². The van der Waals surface area contributed by atoms with Crippen LogP contribution in [0.4, 0.5) is 0 Å². The van der Waals surface area contributed by atoms with Crippen LogP contribution in [0.1, 0.15) is 46.5 Å². The Morgan fingerprint density at radius 1 is 1.29 bits per heavy atom. The maximum Gasteiger partial charge on any atom is 0.229 e. The standard InChI is InChI=1S/C13H21Cl2NO/c1-8-5-4-6-10(9(8)2)16-11(17)12(3)7-13(12,14)15/h8-10H,4-7H2,1-3H3,(H,16,17)/t8-,9-,10-,12-/m1/s1. The van der Waals surface area contributed by atoms with Crippen molar-refractivity contribution >= 4 is 29.1 Å². The molecule has 98 valence electrons. The van der Waals surface area contributed by atoms with E-state index in [9.17, 15) is 4.79 Å². The largest absolute Gasteiger partial charge is 0.353 e. The van der Waals surface area contributed by atoms with E-state index < -0.39 is 9.75 Å². The molecule has 2 nitrogen and oxygen atoms in total. The Kier molecular flexibility index (Phi) is 3.42. The van der Waals surface area contributed by atoms with E-state index in [1.165, 1.54) is 12.8 Å². The molecular formula is C13H21Cl2NO. The molecule has 2 saturated carbocycles. The molecule has 0 bridgehead atoms. The van der Waals surface area contributed by atoms with Gasteiger partial charge in [0.15, 0.2) is 0 Å². The van der Waals surface area contributed by atoms with Gasteiger partial charge >= 0.3 is 0 Å². The topological polar surface area (TPSA) is 29.1 Å². The third-order valence-corrected chi connectivity index (χ3v) is 5.88. The van der Waals surface area contributed by atoms with Crippen molar-refractivity contribution in [2.24, 2.45) is 17.3 Å². The Hall–Kier alpha value is 0.0500. The lowest BCUT2D eigenvalue weighted by Crippen LogP contribution is -2.46. The Bertz CT molecular complexity index is 331. The molecule has 0 aromatic heterocycles. The van der Waals surface area contributed by atoms with Crippen LogP contribution in [-0.2, 0) is 4.79 Å². The molecule has 2 aliphatic rings. The normalized spacial score (nSPS) is 44.2. The first-order chi connectivity index (χ1) is 7.78. The lowest BCUT2D eigenvalue weighted by atomic mass is 9.78. The van der Waals surface area contributed by atoms with E-state index in [1.807, 2.05) is 6.92 Å². The van der Waals surface area contributed by atoms with Gasteiger partial charge in [-0.3, -0.25) is 4.79 Å². The summed E-state index contributed by atoms with van der Waals surface area (Å²) in [6.45, 7) is 6.33. The quantitative estimate of drug-likeness (QED) is 0.769. The number of halogens is 2. The second-order valence-corrected chi connectivity index (χ2v) is 7.54. The van der Waals surface area contributed by atoms with E-state index >= 15 is 0 Å². The molecule has 2 rings (SSSR count). The van der Waals surface area contributed by atoms with Crippen molar-refractivity contribution in [1.29, 1.82) is 0 Å². The van der Waals surface area contributed by atoms with Crippen molar-refractivity contribution in [1.82, 2.24) is 5.32 Å². The van der Waals surface area contributed by atoms with Crippen LogP contribution in [0.25, 0.3) is 0 Å². The number of hydrogen-bond donors (Lipinski definition) is 1. The minimum absolute atomic E-state index is 0.0217. The van der Waals surface area contributed by atoms with Crippen LogP contribution in [0.15, 0.2) is 0 Å². The average molecular weight is 278 g/mol. The summed E-state index contributed by atoms with van der Waals surface area (Å²) < 4.78 is -0.861. The molecule has 0 saturated heterocycles. The zero-order chi connectivity index (χ0) is 12.8. The molecule has 1 N–H and O–H groups in total. The number of carbonyl (C=O) groups is 1. The fraction of sp³-hybridized carbons (Fsp3) is 0.923. The molecule has 1 amide bonds. The van der Waals surface area contributed by atoms with Crippen molar-refractivity contribution in [3.8, 4) is 0 Å². The SMILES string of the molecule is C[C@@H]1[C@H](C)CCC[C@H]1NC(=O)[C@@]1(C)CC1(Cl)Cl. The Morgan fingerprint density at radius 2 is 1.88 bits per heavy atom. The Morgan fingerprint density at radius 3 is 2.41 bits per heavy atom. The van der Waals surface area contributed by atoms with Gasteiger partial charge in [0.05, 0.1) is 5.41 Å². The van der Waals surface area contributed by atoms with Gasteiger partial charge < -0.3 is 5.32 Å². The third kappa shape index (κ3) is 2.31. The minimum Gasteiger partial charge on any atom is -0.353 e. The number of carbonyl (C=O) groups excluding carboxylic acids is 1. The summed E-state index contributed by atoms with van der Waals surface area (Å²) in [6, 6.07) is 0.285. The molecule has 0 heterocycles. The van der Waals surface area contributed by atoms with E-state index in [0.717, 1.165) is 6.42 Å². The Balaban J connectivity index is 1.95. The van der Waals surface area contributed by atoms with E-state index in [4.69, 9.17) is 23.2 Å². The van der Waals surface area contributed by atoms with Gasteiger partial charge in [0, 0.05) is 6.04 Å². The van der Waals surface area contributed by atoms with Gasteiger partial charge in [0.25, 0.3) is 0 Å². The molecule has 4 heteroatoms. The molecule has 4 atom stereocenters. The first-order valence-electron chi connectivity index (χ1n) is 6.47. The van der Waals surface area contributed by atoms with Crippen LogP contribution in [0.2, 0.25) is 0 Å². The Labute approximate surface area is 113 Å². The second-order valence-electron chi connectivity index (χ2n) is 6.06. The molecule has 2 fully saturated rings. The van der Waals surface area contributed by atoms with Gasteiger partial charge in [-0.05, 0) is 31.6 Å². The molecule has 0 aliphatic heterocycles. The summed E-state index contributed by atoms with van der Waals surface area (Å²) in [6.07, 6.45) is 4.09. The maximum atomic E-state index is 12.2. The van der Waals surface area contributed by atoms with Crippen molar-refractivity contribution in [2.75, 3.05) is 0 Å². The summed E-state index contributed by atoms with van der Waals surface area (Å²) in [5, 5.41) is 3.15. The lowest BCUT2D eigenvalue weighted by molar-refractivity contribution is -0.127. The number of rotatable bonds is 2. The first-order valence-corrected chi connectivity index (χ1v) is 7.22. The van der Waals surface area contributed by atoms with Crippen molar-refractivity contribution in [3.63, 3.8) is 0 Å². The zero-order valence-electron chi connectivity index (χ0n) is 10.7. The molecule has 0 radical (unpaired) electrons. The highest BCUT2D eigenvalue weighted by Gasteiger charge is 2.68. The molecular weight excluding hydrogens is 257 g/mol. The van der Waals surface area contributed by atoms with Gasteiger partial charge in [0.1, 0.15) is 4.33 Å². The predicted molar refractivity (Wildman–Crippen MR) is 71.3 cm³/mol. The lowest BCUT2D eigenvalue weighted by Gasteiger charge is -2.35. The highest BCUT2D eigenvalue weighted by Crippen LogP contribution is 2.63.